The lowest BCUT2D eigenvalue weighted by Crippen LogP contribution is -2.20. The predicted octanol–water partition coefficient (Wildman–Crippen LogP) is -0.775. The van der Waals surface area contributed by atoms with Crippen LogP contribution in [0, 0.1) is 0 Å². The molecule has 1 aromatic heterocycles. The van der Waals surface area contributed by atoms with E-state index in [2.05, 4.69) is 4.98 Å². The first-order chi connectivity index (χ1) is 4.86. The van der Waals surface area contributed by atoms with E-state index < -0.39 is 0 Å². The second-order valence-electron chi connectivity index (χ2n) is 2.20. The second-order valence-corrected chi connectivity index (χ2v) is 2.20. The molecule has 0 radical (unpaired) electrons. The fourth-order valence-electron chi connectivity index (χ4n) is 1.02. The number of Topliss-reactive ketones (excluding diaryl/α,β-unsaturated/α-hetero) is 1. The Bertz CT molecular complexity index is 355. The summed E-state index contributed by atoms with van der Waals surface area (Å²) in [5.41, 5.74) is 0. The largest absolute Gasteiger partial charge is 0.290 e. The molecule has 0 atom stereocenters. The van der Waals surface area contributed by atoms with Crippen LogP contribution in [0.25, 0.3) is 12.2 Å². The van der Waals surface area contributed by atoms with Gasteiger partial charge in [-0.3, -0.25) is 9.78 Å². The fourth-order valence-corrected chi connectivity index (χ4v) is 1.02. The van der Waals surface area contributed by atoms with Crippen molar-refractivity contribution in [1.82, 2.24) is 4.98 Å². The highest BCUT2D eigenvalue weighted by Gasteiger charge is 1.98. The molecule has 2 rings (SSSR count). The van der Waals surface area contributed by atoms with Gasteiger partial charge in [-0.2, -0.15) is 0 Å². The summed E-state index contributed by atoms with van der Waals surface area (Å²) < 4.78 is 0. The Balaban J connectivity index is 2.96. The average molecular weight is 131 g/mol. The van der Waals surface area contributed by atoms with Gasteiger partial charge in [0.2, 0.25) is 0 Å². The van der Waals surface area contributed by atoms with Crippen LogP contribution < -0.4 is 10.4 Å². The quantitative estimate of drug-likeness (QED) is 0.462. The lowest BCUT2D eigenvalue weighted by molar-refractivity contribution is -0.107. The van der Waals surface area contributed by atoms with Crippen molar-refractivity contribution in [2.75, 3.05) is 0 Å². The van der Waals surface area contributed by atoms with Crippen LogP contribution in [0.3, 0.4) is 0 Å². The van der Waals surface area contributed by atoms with Crippen LogP contribution in [0.1, 0.15) is 0 Å². The molecule has 1 aliphatic rings. The van der Waals surface area contributed by atoms with E-state index in [0.717, 1.165) is 10.4 Å². The molecule has 0 bridgehead atoms. The summed E-state index contributed by atoms with van der Waals surface area (Å²) in [6, 6.07) is 1.83. The van der Waals surface area contributed by atoms with Gasteiger partial charge in [-0.05, 0) is 23.4 Å². The maximum Gasteiger partial charge on any atom is 0.179 e. The van der Waals surface area contributed by atoms with E-state index in [1.807, 2.05) is 6.07 Å². The Hall–Kier alpha value is -1.44. The molecule has 0 aliphatic heterocycles. The standard InChI is InChI=1S/C8H5NO/c10-8-3-6-1-2-9-5-7(6)4-8/h1-5H. The van der Waals surface area contributed by atoms with Gasteiger partial charge in [0.05, 0.1) is 0 Å². The Morgan fingerprint density at radius 1 is 1.20 bits per heavy atom. The molecule has 1 aromatic rings. The molecule has 2 nitrogen and oxygen atoms in total. The van der Waals surface area contributed by atoms with Crippen LogP contribution >= 0.6 is 0 Å². The summed E-state index contributed by atoms with van der Waals surface area (Å²) in [6.45, 7) is 0. The third-order valence-corrected chi connectivity index (χ3v) is 1.48. The number of aromatic nitrogens is 1. The average Bonchev–Trinajstić information content (AvgIpc) is 2.27. The van der Waals surface area contributed by atoms with Gasteiger partial charge >= 0.3 is 0 Å². The maximum atomic E-state index is 10.8. The van der Waals surface area contributed by atoms with Crippen molar-refractivity contribution in [1.29, 1.82) is 0 Å². The van der Waals surface area contributed by atoms with Gasteiger partial charge < -0.3 is 0 Å². The predicted molar refractivity (Wildman–Crippen MR) is 37.4 cm³/mol. The van der Waals surface area contributed by atoms with Gasteiger partial charge in [0.1, 0.15) is 0 Å². The van der Waals surface area contributed by atoms with E-state index in [4.69, 9.17) is 0 Å². The highest BCUT2D eigenvalue weighted by Crippen LogP contribution is 1.81. The monoisotopic (exact) mass is 131 g/mol. The molecule has 0 spiro atoms. The summed E-state index contributed by atoms with van der Waals surface area (Å²) >= 11 is 0. The zero-order chi connectivity index (χ0) is 6.97. The van der Waals surface area contributed by atoms with E-state index in [1.54, 1.807) is 24.5 Å². The highest BCUT2D eigenvalue weighted by atomic mass is 16.1. The summed E-state index contributed by atoms with van der Waals surface area (Å²) in [5, 5.41) is 1.90. The summed E-state index contributed by atoms with van der Waals surface area (Å²) in [4.78, 5) is 14.6. The van der Waals surface area contributed by atoms with Crippen molar-refractivity contribution >= 4 is 17.9 Å². The normalized spacial score (nSPS) is 13.8. The molecule has 1 heterocycles. The van der Waals surface area contributed by atoms with E-state index in [-0.39, 0.29) is 5.78 Å². The first kappa shape index (κ1) is 5.35. The van der Waals surface area contributed by atoms with Crippen molar-refractivity contribution < 1.29 is 4.79 Å². The van der Waals surface area contributed by atoms with Crippen LogP contribution in [0.4, 0.5) is 0 Å². The zero-order valence-electron chi connectivity index (χ0n) is 5.24. The van der Waals surface area contributed by atoms with Crippen LogP contribution in [-0.2, 0) is 4.79 Å². The first-order valence-electron chi connectivity index (χ1n) is 3.04. The number of fused-ring (bicyclic) bond motifs is 1. The van der Waals surface area contributed by atoms with Crippen LogP contribution in [0.5, 0.6) is 0 Å². The Morgan fingerprint density at radius 3 is 2.80 bits per heavy atom. The molecular weight excluding hydrogens is 126 g/mol. The van der Waals surface area contributed by atoms with E-state index >= 15 is 0 Å². The maximum absolute atomic E-state index is 10.8. The van der Waals surface area contributed by atoms with Gasteiger partial charge in [0.15, 0.2) is 5.78 Å². The SMILES string of the molecule is O=C1C=c2ccncc2=C1. The van der Waals surface area contributed by atoms with Crippen LogP contribution in [-0.4, -0.2) is 10.8 Å². The Kier molecular flexibility index (Phi) is 0.947. The molecule has 0 amide bonds. The molecule has 0 N–H and O–H groups in total. The van der Waals surface area contributed by atoms with Gasteiger partial charge in [-0.25, -0.2) is 0 Å². The molecule has 48 valence electrons. The molecule has 0 unspecified atom stereocenters. The van der Waals surface area contributed by atoms with Gasteiger partial charge in [0.25, 0.3) is 0 Å². The lowest BCUT2D eigenvalue weighted by atomic mass is 10.3. The summed E-state index contributed by atoms with van der Waals surface area (Å²) in [6.07, 6.45) is 6.57. The van der Waals surface area contributed by atoms with Crippen molar-refractivity contribution in [3.05, 3.63) is 28.9 Å². The summed E-state index contributed by atoms with van der Waals surface area (Å²) in [7, 11) is 0. The van der Waals surface area contributed by atoms with Crippen LogP contribution in [0.15, 0.2) is 18.5 Å². The highest BCUT2D eigenvalue weighted by molar-refractivity contribution is 6.26. The number of carbonyl (C=O) groups excluding carboxylic acids is 1. The number of ketones is 1. The van der Waals surface area contributed by atoms with Crippen molar-refractivity contribution in [3.8, 4) is 0 Å². The second kappa shape index (κ2) is 1.77. The lowest BCUT2D eigenvalue weighted by Gasteiger charge is -1.78. The third kappa shape index (κ3) is 0.658. The minimum atomic E-state index is 0.0583. The Labute approximate surface area is 57.5 Å². The zero-order valence-corrected chi connectivity index (χ0v) is 5.24. The number of pyridine rings is 1. The topological polar surface area (TPSA) is 30.0 Å². The molecular formula is C8H5NO. The van der Waals surface area contributed by atoms with Gasteiger partial charge in [-0.15, -0.1) is 0 Å². The molecule has 0 saturated heterocycles. The van der Waals surface area contributed by atoms with Crippen LogP contribution in [0.2, 0.25) is 0 Å². The van der Waals surface area contributed by atoms with Gasteiger partial charge in [0, 0.05) is 17.6 Å². The van der Waals surface area contributed by atoms with E-state index in [0.29, 0.717) is 0 Å². The van der Waals surface area contributed by atoms with Crippen molar-refractivity contribution in [3.63, 3.8) is 0 Å². The van der Waals surface area contributed by atoms with Crippen molar-refractivity contribution in [2.24, 2.45) is 0 Å². The third-order valence-electron chi connectivity index (χ3n) is 1.48. The van der Waals surface area contributed by atoms with Gasteiger partial charge in [-0.1, -0.05) is 0 Å². The number of hydrogen-bond donors (Lipinski definition) is 0. The minimum Gasteiger partial charge on any atom is -0.290 e. The molecule has 0 saturated carbocycles. The Morgan fingerprint density at radius 2 is 2.00 bits per heavy atom. The first-order valence-corrected chi connectivity index (χ1v) is 3.04. The molecule has 0 aromatic carbocycles. The molecule has 1 aliphatic carbocycles. The summed E-state index contributed by atoms with van der Waals surface area (Å²) in [5.74, 6) is 0.0583. The number of carbonyl (C=O) groups is 1. The van der Waals surface area contributed by atoms with E-state index in [9.17, 15) is 4.79 Å². The number of rotatable bonds is 0. The van der Waals surface area contributed by atoms with E-state index in [1.165, 1.54) is 0 Å². The van der Waals surface area contributed by atoms with Crippen molar-refractivity contribution in [2.45, 2.75) is 0 Å². The smallest absolute Gasteiger partial charge is 0.179 e. The molecule has 10 heavy (non-hydrogen) atoms. The molecule has 2 heteroatoms. The number of hydrogen-bond acceptors (Lipinski definition) is 2. The fraction of sp³-hybridized carbons (Fsp3) is 0. The minimum absolute atomic E-state index is 0.0583. The number of nitrogens with zero attached hydrogens (tertiary/aromatic N) is 1. The molecule has 0 fully saturated rings.